The second-order valence-corrected chi connectivity index (χ2v) is 6.44. The molecule has 3 nitrogen and oxygen atoms in total. The molecule has 0 aliphatic rings. The van der Waals surface area contributed by atoms with Crippen molar-refractivity contribution >= 4 is 18.3 Å². The van der Waals surface area contributed by atoms with Crippen molar-refractivity contribution in [2.75, 3.05) is 13.6 Å². The van der Waals surface area contributed by atoms with Gasteiger partial charge < -0.3 is 10.6 Å². The van der Waals surface area contributed by atoms with Crippen LogP contribution in [0.25, 0.3) is 11.1 Å². The van der Waals surface area contributed by atoms with Gasteiger partial charge in [-0.25, -0.2) is 0 Å². The van der Waals surface area contributed by atoms with Crippen LogP contribution in [0.1, 0.15) is 30.9 Å². The standard InChI is InChI=1S/C21H25F3N2O.ClH/c1-3-4-19(25-2)20(27)26-14-13-15-5-7-16(8-6-15)17-9-11-18(12-10-17)21(22,23)24;/h5-12,19,25H,3-4,13-14H2,1-2H3,(H,26,27);1H/t19-;/m0./s1. The molecule has 0 bridgehead atoms. The number of carbonyl (C=O) groups is 1. The number of hydrogen-bond donors (Lipinski definition) is 2. The van der Waals surface area contributed by atoms with E-state index < -0.39 is 11.7 Å². The minimum absolute atomic E-state index is 0. The van der Waals surface area contributed by atoms with E-state index in [1.54, 1.807) is 7.05 Å². The maximum Gasteiger partial charge on any atom is 0.416 e. The topological polar surface area (TPSA) is 41.1 Å². The van der Waals surface area contributed by atoms with Crippen LogP contribution in [0.2, 0.25) is 0 Å². The summed E-state index contributed by atoms with van der Waals surface area (Å²) in [6.45, 7) is 2.58. The predicted octanol–water partition coefficient (Wildman–Crippen LogP) is 4.84. The largest absolute Gasteiger partial charge is 0.416 e. The SMILES string of the molecule is CCC[C@H](NC)C(=O)NCCc1ccc(-c2ccc(C(F)(F)F)cc2)cc1.Cl. The lowest BCUT2D eigenvalue weighted by atomic mass is 10.0. The first-order valence-electron chi connectivity index (χ1n) is 9.06. The molecule has 2 aromatic carbocycles. The predicted molar refractivity (Wildman–Crippen MR) is 109 cm³/mol. The van der Waals surface area contributed by atoms with Gasteiger partial charge in [0.25, 0.3) is 0 Å². The Morgan fingerprint density at radius 1 is 1.00 bits per heavy atom. The van der Waals surface area contributed by atoms with Crippen molar-refractivity contribution < 1.29 is 18.0 Å². The molecule has 154 valence electrons. The van der Waals surface area contributed by atoms with Crippen LogP contribution in [0.5, 0.6) is 0 Å². The number of amides is 1. The van der Waals surface area contributed by atoms with E-state index in [-0.39, 0.29) is 24.4 Å². The van der Waals surface area contributed by atoms with Gasteiger partial charge in [0.15, 0.2) is 0 Å². The summed E-state index contributed by atoms with van der Waals surface area (Å²) < 4.78 is 37.9. The number of alkyl halides is 3. The Morgan fingerprint density at radius 3 is 2.00 bits per heavy atom. The molecule has 1 amide bonds. The van der Waals surface area contributed by atoms with Crippen molar-refractivity contribution in [2.24, 2.45) is 0 Å². The van der Waals surface area contributed by atoms with Crippen LogP contribution in [0.4, 0.5) is 13.2 Å². The van der Waals surface area contributed by atoms with Crippen molar-refractivity contribution in [1.82, 2.24) is 10.6 Å². The van der Waals surface area contributed by atoms with Gasteiger partial charge in [-0.2, -0.15) is 13.2 Å². The number of benzene rings is 2. The van der Waals surface area contributed by atoms with E-state index in [2.05, 4.69) is 10.6 Å². The van der Waals surface area contributed by atoms with Gasteiger partial charge in [-0.05, 0) is 48.7 Å². The molecule has 2 N–H and O–H groups in total. The van der Waals surface area contributed by atoms with Crippen molar-refractivity contribution in [3.8, 4) is 11.1 Å². The minimum atomic E-state index is -4.32. The van der Waals surface area contributed by atoms with Crippen molar-refractivity contribution in [3.05, 3.63) is 59.7 Å². The van der Waals surface area contributed by atoms with Crippen LogP contribution in [0.15, 0.2) is 48.5 Å². The van der Waals surface area contributed by atoms with Crippen molar-refractivity contribution in [3.63, 3.8) is 0 Å². The van der Waals surface area contributed by atoms with Crippen molar-refractivity contribution in [1.29, 1.82) is 0 Å². The summed E-state index contributed by atoms with van der Waals surface area (Å²) in [6.07, 6.45) is -1.90. The van der Waals surface area contributed by atoms with Gasteiger partial charge in [-0.15, -0.1) is 12.4 Å². The molecule has 2 rings (SSSR count). The van der Waals surface area contributed by atoms with E-state index in [0.717, 1.165) is 41.7 Å². The van der Waals surface area contributed by atoms with Gasteiger partial charge in [0, 0.05) is 6.54 Å². The third-order valence-corrected chi connectivity index (χ3v) is 4.45. The molecule has 0 aliphatic carbocycles. The normalized spacial score (nSPS) is 12.2. The first-order chi connectivity index (χ1) is 12.8. The van der Waals surface area contributed by atoms with Gasteiger partial charge in [-0.3, -0.25) is 4.79 Å². The zero-order valence-electron chi connectivity index (χ0n) is 16.0. The molecular weight excluding hydrogens is 389 g/mol. The number of nitrogens with one attached hydrogen (secondary N) is 2. The van der Waals surface area contributed by atoms with E-state index in [9.17, 15) is 18.0 Å². The van der Waals surface area contributed by atoms with Crippen LogP contribution < -0.4 is 10.6 Å². The highest BCUT2D eigenvalue weighted by Crippen LogP contribution is 2.31. The number of rotatable bonds is 8. The number of likely N-dealkylation sites (N-methyl/N-ethyl adjacent to an activating group) is 1. The summed E-state index contributed by atoms with van der Waals surface area (Å²) in [4.78, 5) is 12.0. The summed E-state index contributed by atoms with van der Waals surface area (Å²) in [7, 11) is 1.78. The summed E-state index contributed by atoms with van der Waals surface area (Å²) in [5.74, 6) is 0.000671. The zero-order chi connectivity index (χ0) is 19.9. The van der Waals surface area contributed by atoms with Gasteiger partial charge in [0.05, 0.1) is 11.6 Å². The molecule has 0 unspecified atom stereocenters. The van der Waals surface area contributed by atoms with Gasteiger partial charge in [0.1, 0.15) is 0 Å². The molecule has 0 fully saturated rings. The quantitative estimate of drug-likeness (QED) is 0.648. The first-order valence-corrected chi connectivity index (χ1v) is 9.06. The summed E-state index contributed by atoms with van der Waals surface area (Å²) in [5, 5.41) is 5.93. The molecule has 1 atom stereocenters. The van der Waals surface area contributed by atoms with Crippen LogP contribution in [-0.4, -0.2) is 25.5 Å². The molecule has 0 saturated heterocycles. The third kappa shape index (κ3) is 6.84. The molecule has 0 radical (unpaired) electrons. The molecule has 0 aliphatic heterocycles. The fourth-order valence-electron chi connectivity index (χ4n) is 2.86. The Morgan fingerprint density at radius 2 is 1.54 bits per heavy atom. The van der Waals surface area contributed by atoms with Crippen LogP contribution in [-0.2, 0) is 17.4 Å². The fourth-order valence-corrected chi connectivity index (χ4v) is 2.86. The maximum atomic E-state index is 12.6. The Hall–Kier alpha value is -2.05. The first kappa shape index (κ1) is 24.0. The lowest BCUT2D eigenvalue weighted by molar-refractivity contribution is -0.137. The van der Waals surface area contributed by atoms with Crippen molar-refractivity contribution in [2.45, 2.75) is 38.4 Å². The second kappa shape index (κ2) is 11.1. The van der Waals surface area contributed by atoms with Gasteiger partial charge in [0.2, 0.25) is 5.91 Å². The Labute approximate surface area is 170 Å². The highest BCUT2D eigenvalue weighted by molar-refractivity contribution is 5.85. The molecule has 0 aromatic heterocycles. The van der Waals surface area contributed by atoms with E-state index in [1.807, 2.05) is 31.2 Å². The number of halogens is 4. The summed E-state index contributed by atoms with van der Waals surface area (Å²) in [6, 6.07) is 12.6. The second-order valence-electron chi connectivity index (χ2n) is 6.44. The van der Waals surface area contributed by atoms with Gasteiger partial charge >= 0.3 is 6.18 Å². The maximum absolute atomic E-state index is 12.6. The van der Waals surface area contributed by atoms with Gasteiger partial charge in [-0.1, -0.05) is 49.7 Å². The number of carbonyl (C=O) groups excluding carboxylic acids is 1. The average Bonchev–Trinajstić information content (AvgIpc) is 2.66. The molecule has 0 heterocycles. The highest BCUT2D eigenvalue weighted by Gasteiger charge is 2.29. The average molecular weight is 415 g/mol. The fraction of sp³-hybridized carbons (Fsp3) is 0.381. The molecule has 0 saturated carbocycles. The molecule has 0 spiro atoms. The zero-order valence-corrected chi connectivity index (χ0v) is 16.8. The summed E-state index contributed by atoms with van der Waals surface area (Å²) >= 11 is 0. The van der Waals surface area contributed by atoms with Crippen LogP contribution >= 0.6 is 12.4 Å². The molecular formula is C21H26ClF3N2O. The third-order valence-electron chi connectivity index (χ3n) is 4.45. The van der Waals surface area contributed by atoms with Crippen LogP contribution in [0, 0.1) is 0 Å². The minimum Gasteiger partial charge on any atom is -0.354 e. The number of hydrogen-bond acceptors (Lipinski definition) is 2. The summed E-state index contributed by atoms with van der Waals surface area (Å²) in [5.41, 5.74) is 2.00. The molecule has 7 heteroatoms. The Balaban J connectivity index is 0.00000392. The molecule has 28 heavy (non-hydrogen) atoms. The lowest BCUT2D eigenvalue weighted by Crippen LogP contribution is -2.43. The van der Waals surface area contributed by atoms with E-state index in [4.69, 9.17) is 0 Å². The Kier molecular flexibility index (Phi) is 9.49. The monoisotopic (exact) mass is 414 g/mol. The Bertz CT molecular complexity index is 731. The van der Waals surface area contributed by atoms with E-state index in [0.29, 0.717) is 13.0 Å². The lowest BCUT2D eigenvalue weighted by Gasteiger charge is -2.15. The molecule has 2 aromatic rings. The smallest absolute Gasteiger partial charge is 0.354 e. The highest BCUT2D eigenvalue weighted by atomic mass is 35.5. The van der Waals surface area contributed by atoms with Crippen LogP contribution in [0.3, 0.4) is 0 Å². The van der Waals surface area contributed by atoms with E-state index >= 15 is 0 Å². The van der Waals surface area contributed by atoms with E-state index in [1.165, 1.54) is 12.1 Å².